The van der Waals surface area contributed by atoms with E-state index in [0.717, 1.165) is 17.4 Å². The first-order chi connectivity index (χ1) is 8.61. The van der Waals surface area contributed by atoms with Gasteiger partial charge < -0.3 is 4.74 Å². The van der Waals surface area contributed by atoms with Gasteiger partial charge in [-0.15, -0.1) is 0 Å². The third-order valence-electron chi connectivity index (χ3n) is 2.67. The van der Waals surface area contributed by atoms with Gasteiger partial charge in [-0.2, -0.15) is 0 Å². The normalized spacial score (nSPS) is 10.2. The Morgan fingerprint density at radius 3 is 2.61 bits per heavy atom. The summed E-state index contributed by atoms with van der Waals surface area (Å²) in [5.41, 5.74) is 2.61. The molecule has 2 aromatic rings. The topological polar surface area (TPSA) is 26.3 Å². The molecule has 0 unspecified atom stereocenters. The zero-order valence-electron chi connectivity index (χ0n) is 10.2. The van der Waals surface area contributed by atoms with Gasteiger partial charge in [-0.3, -0.25) is 4.79 Å². The van der Waals surface area contributed by atoms with Crippen LogP contribution >= 0.6 is 11.6 Å². The summed E-state index contributed by atoms with van der Waals surface area (Å²) < 4.78 is 5.75. The number of aldehydes is 1. The van der Waals surface area contributed by atoms with Crippen molar-refractivity contribution in [3.05, 3.63) is 58.1 Å². The molecule has 2 nitrogen and oxygen atoms in total. The van der Waals surface area contributed by atoms with E-state index in [9.17, 15) is 4.79 Å². The fourth-order valence-electron chi connectivity index (χ4n) is 1.75. The van der Waals surface area contributed by atoms with Crippen molar-refractivity contribution >= 4 is 17.9 Å². The Balaban J connectivity index is 2.42. The summed E-state index contributed by atoms with van der Waals surface area (Å²) in [5, 5.41) is 0.430. The zero-order chi connectivity index (χ0) is 13.1. The molecule has 0 aliphatic heterocycles. The Bertz CT molecular complexity index is 591. The number of para-hydroxylation sites is 1. The zero-order valence-corrected chi connectivity index (χ0v) is 11.0. The molecule has 0 fully saturated rings. The minimum Gasteiger partial charge on any atom is -0.455 e. The Kier molecular flexibility index (Phi) is 3.68. The molecule has 0 amide bonds. The lowest BCUT2D eigenvalue weighted by Gasteiger charge is -2.12. The molecule has 0 saturated carbocycles. The minimum absolute atomic E-state index is 0.404. The van der Waals surface area contributed by atoms with Crippen molar-refractivity contribution < 1.29 is 9.53 Å². The van der Waals surface area contributed by atoms with Crippen molar-refractivity contribution in [1.82, 2.24) is 0 Å². The number of halogens is 1. The van der Waals surface area contributed by atoms with E-state index in [0.29, 0.717) is 22.1 Å². The number of ether oxygens (including phenoxy) is 1. The summed E-state index contributed by atoms with van der Waals surface area (Å²) in [4.78, 5) is 11.0. The van der Waals surface area contributed by atoms with E-state index in [1.54, 1.807) is 18.2 Å². The molecule has 0 aliphatic rings. The SMILES string of the molecule is Cc1ccc(Oc2c(Cl)cccc2C=O)c(C)c1. The Labute approximate surface area is 111 Å². The lowest BCUT2D eigenvalue weighted by Crippen LogP contribution is -1.93. The summed E-state index contributed by atoms with van der Waals surface area (Å²) in [6, 6.07) is 11.0. The van der Waals surface area contributed by atoms with Gasteiger partial charge in [-0.1, -0.05) is 35.4 Å². The fraction of sp³-hybridized carbons (Fsp3) is 0.133. The highest BCUT2D eigenvalue weighted by Crippen LogP contribution is 2.33. The second kappa shape index (κ2) is 5.23. The Morgan fingerprint density at radius 2 is 1.94 bits per heavy atom. The number of hydrogen-bond acceptors (Lipinski definition) is 2. The number of carbonyl (C=O) groups is 1. The number of aryl methyl sites for hydroxylation is 2. The van der Waals surface area contributed by atoms with Gasteiger partial charge in [0.15, 0.2) is 12.0 Å². The van der Waals surface area contributed by atoms with Crippen LogP contribution in [0, 0.1) is 13.8 Å². The lowest BCUT2D eigenvalue weighted by molar-refractivity contribution is 0.112. The van der Waals surface area contributed by atoms with E-state index >= 15 is 0 Å². The van der Waals surface area contributed by atoms with Crippen molar-refractivity contribution in [3.8, 4) is 11.5 Å². The molecule has 0 aliphatic carbocycles. The van der Waals surface area contributed by atoms with Crippen molar-refractivity contribution in [1.29, 1.82) is 0 Å². The van der Waals surface area contributed by atoms with Crippen LogP contribution in [0.3, 0.4) is 0 Å². The minimum atomic E-state index is 0.404. The molecular weight excluding hydrogens is 248 g/mol. The van der Waals surface area contributed by atoms with Crippen LogP contribution in [0.5, 0.6) is 11.5 Å². The van der Waals surface area contributed by atoms with Crippen LogP contribution in [-0.4, -0.2) is 6.29 Å². The quantitative estimate of drug-likeness (QED) is 0.756. The smallest absolute Gasteiger partial charge is 0.156 e. The monoisotopic (exact) mass is 260 g/mol. The molecule has 0 atom stereocenters. The number of rotatable bonds is 3. The van der Waals surface area contributed by atoms with Crippen molar-refractivity contribution in [2.75, 3.05) is 0 Å². The van der Waals surface area contributed by atoms with Gasteiger partial charge >= 0.3 is 0 Å². The van der Waals surface area contributed by atoms with Crippen LogP contribution < -0.4 is 4.74 Å². The summed E-state index contributed by atoms with van der Waals surface area (Å²) in [5.74, 6) is 1.11. The van der Waals surface area contributed by atoms with Crippen LogP contribution in [0.2, 0.25) is 5.02 Å². The van der Waals surface area contributed by atoms with Crippen LogP contribution in [0.25, 0.3) is 0 Å². The third-order valence-corrected chi connectivity index (χ3v) is 2.96. The molecule has 0 bridgehead atoms. The van der Waals surface area contributed by atoms with Gasteiger partial charge in [0, 0.05) is 0 Å². The van der Waals surface area contributed by atoms with Gasteiger partial charge in [0.25, 0.3) is 0 Å². The highest BCUT2D eigenvalue weighted by atomic mass is 35.5. The fourth-order valence-corrected chi connectivity index (χ4v) is 1.97. The van der Waals surface area contributed by atoms with Crippen LogP contribution in [-0.2, 0) is 0 Å². The van der Waals surface area contributed by atoms with E-state index in [-0.39, 0.29) is 0 Å². The standard InChI is InChI=1S/C15H13ClO2/c1-10-6-7-14(11(2)8-10)18-15-12(9-17)4-3-5-13(15)16/h3-9H,1-2H3. The van der Waals surface area contributed by atoms with E-state index in [1.807, 2.05) is 32.0 Å². The van der Waals surface area contributed by atoms with Crippen LogP contribution in [0.15, 0.2) is 36.4 Å². The first kappa shape index (κ1) is 12.7. The van der Waals surface area contributed by atoms with Gasteiger partial charge in [0.1, 0.15) is 5.75 Å². The van der Waals surface area contributed by atoms with E-state index in [1.165, 1.54) is 0 Å². The molecule has 3 heteroatoms. The molecule has 0 heterocycles. The Morgan fingerprint density at radius 1 is 1.17 bits per heavy atom. The predicted molar refractivity (Wildman–Crippen MR) is 72.8 cm³/mol. The molecule has 0 N–H and O–H groups in total. The van der Waals surface area contributed by atoms with Gasteiger partial charge in [0.2, 0.25) is 0 Å². The first-order valence-corrected chi connectivity index (χ1v) is 5.98. The summed E-state index contributed by atoms with van der Waals surface area (Å²) in [6.45, 7) is 3.98. The maximum atomic E-state index is 11.0. The second-order valence-electron chi connectivity index (χ2n) is 4.15. The highest BCUT2D eigenvalue weighted by molar-refractivity contribution is 6.32. The van der Waals surface area contributed by atoms with Gasteiger partial charge in [0.05, 0.1) is 10.6 Å². The molecular formula is C15H13ClO2. The van der Waals surface area contributed by atoms with E-state index in [2.05, 4.69) is 0 Å². The maximum absolute atomic E-state index is 11.0. The molecule has 0 aromatic heterocycles. The third kappa shape index (κ3) is 2.54. The molecule has 2 aromatic carbocycles. The first-order valence-electron chi connectivity index (χ1n) is 5.60. The second-order valence-corrected chi connectivity index (χ2v) is 4.55. The van der Waals surface area contributed by atoms with Crippen molar-refractivity contribution in [2.45, 2.75) is 13.8 Å². The number of carbonyl (C=O) groups excluding carboxylic acids is 1. The van der Waals surface area contributed by atoms with Gasteiger partial charge in [-0.25, -0.2) is 0 Å². The molecule has 18 heavy (non-hydrogen) atoms. The molecule has 2 rings (SSSR count). The Hall–Kier alpha value is -1.80. The number of benzene rings is 2. The summed E-state index contributed by atoms with van der Waals surface area (Å²) in [7, 11) is 0. The predicted octanol–water partition coefficient (Wildman–Crippen LogP) is 4.56. The average Bonchev–Trinajstić information content (AvgIpc) is 2.34. The average molecular weight is 261 g/mol. The van der Waals surface area contributed by atoms with Crippen LogP contribution in [0.1, 0.15) is 21.5 Å². The molecule has 0 radical (unpaired) electrons. The molecule has 0 spiro atoms. The van der Waals surface area contributed by atoms with Gasteiger partial charge in [-0.05, 0) is 37.6 Å². The lowest BCUT2D eigenvalue weighted by atomic mass is 10.1. The van der Waals surface area contributed by atoms with E-state index in [4.69, 9.17) is 16.3 Å². The molecule has 92 valence electrons. The largest absolute Gasteiger partial charge is 0.455 e. The van der Waals surface area contributed by atoms with Crippen LogP contribution in [0.4, 0.5) is 0 Å². The molecule has 0 saturated heterocycles. The van der Waals surface area contributed by atoms with E-state index < -0.39 is 0 Å². The van der Waals surface area contributed by atoms with Crippen molar-refractivity contribution in [2.24, 2.45) is 0 Å². The van der Waals surface area contributed by atoms with Crippen molar-refractivity contribution in [3.63, 3.8) is 0 Å². The summed E-state index contributed by atoms with van der Waals surface area (Å²) >= 11 is 6.06. The number of hydrogen-bond donors (Lipinski definition) is 0. The maximum Gasteiger partial charge on any atom is 0.156 e. The highest BCUT2D eigenvalue weighted by Gasteiger charge is 2.10. The summed E-state index contributed by atoms with van der Waals surface area (Å²) in [6.07, 6.45) is 0.741.